The molecular formula is C110H212N8O8. The van der Waals surface area contributed by atoms with Crippen molar-refractivity contribution in [3.63, 3.8) is 0 Å². The molecule has 0 aromatic heterocycles. The average molecular weight is 1770 g/mol. The van der Waals surface area contributed by atoms with E-state index in [1.165, 1.54) is 411 Å². The fourth-order valence-corrected chi connectivity index (χ4v) is 25.9. The molecule has 4 aliphatic carbocycles. The Morgan fingerprint density at radius 3 is 0.540 bits per heavy atom. The van der Waals surface area contributed by atoms with Gasteiger partial charge in [-0.05, 0) is 135 Å². The smallest absolute Gasteiger partial charge is 0.0704 e. The second-order valence-electron chi connectivity index (χ2n) is 43.0. The molecule has 0 radical (unpaired) electrons. The van der Waals surface area contributed by atoms with Crippen LogP contribution in [0.15, 0.2) is 0 Å². The van der Waals surface area contributed by atoms with Crippen LogP contribution in [0.5, 0.6) is 0 Å². The molecule has 4 saturated carbocycles. The van der Waals surface area contributed by atoms with Gasteiger partial charge in [0, 0.05) is 14.2 Å². The molecule has 8 N–H and O–H groups in total. The van der Waals surface area contributed by atoms with Crippen molar-refractivity contribution < 1.29 is 37.9 Å². The molecule has 22 unspecified atom stereocenters. The lowest BCUT2D eigenvalue weighted by molar-refractivity contribution is -0.0427. The second kappa shape index (κ2) is 70.9. The van der Waals surface area contributed by atoms with Gasteiger partial charge in [-0.1, -0.05) is 413 Å². The molecule has 126 heavy (non-hydrogen) atoms. The topological polar surface area (TPSA) is 170 Å². The van der Waals surface area contributed by atoms with Crippen molar-refractivity contribution in [2.45, 2.75) is 539 Å². The summed E-state index contributed by atoms with van der Waals surface area (Å²) in [6.07, 6.45) is 99.9. The largest absolute Gasteiger partial charge is 0.382 e. The fourth-order valence-electron chi connectivity index (χ4n) is 25.9. The van der Waals surface area contributed by atoms with Crippen LogP contribution in [0.4, 0.5) is 0 Å². The van der Waals surface area contributed by atoms with Gasteiger partial charge in [0.25, 0.3) is 0 Å². The van der Waals surface area contributed by atoms with E-state index in [-0.39, 0.29) is 61.5 Å². The van der Waals surface area contributed by atoms with E-state index in [2.05, 4.69) is 64.9 Å². The van der Waals surface area contributed by atoms with Gasteiger partial charge in [-0.3, -0.25) is 42.5 Å². The van der Waals surface area contributed by atoms with Crippen LogP contribution in [0.3, 0.4) is 0 Å². The Bertz CT molecular complexity index is 2460. The van der Waals surface area contributed by atoms with Crippen LogP contribution in [0.1, 0.15) is 477 Å². The minimum Gasteiger partial charge on any atom is -0.382 e. The molecule has 5 heterocycles. The maximum Gasteiger partial charge on any atom is 0.0704 e. The van der Waals surface area contributed by atoms with E-state index in [1.54, 1.807) is 14.2 Å². The number of nitrogens with one attached hydrogen (secondary N) is 8. The molecule has 740 valence electrons. The summed E-state index contributed by atoms with van der Waals surface area (Å²) in [6.45, 7) is 16.5. The van der Waals surface area contributed by atoms with Gasteiger partial charge in [-0.15, -0.1) is 0 Å². The summed E-state index contributed by atoms with van der Waals surface area (Å²) in [5, 5.41) is 37.0. The van der Waals surface area contributed by atoms with Crippen LogP contribution in [-0.4, -0.2) is 155 Å². The molecule has 22 atom stereocenters. The lowest BCUT2D eigenvalue weighted by Gasteiger charge is -2.43. The van der Waals surface area contributed by atoms with Crippen molar-refractivity contribution in [3.8, 4) is 0 Å². The Morgan fingerprint density at radius 2 is 0.341 bits per heavy atom. The minimum absolute atomic E-state index is 0.151. The highest BCUT2D eigenvalue weighted by molar-refractivity contribution is 5.11. The summed E-state index contributed by atoms with van der Waals surface area (Å²) >= 11 is 0. The van der Waals surface area contributed by atoms with Crippen LogP contribution >= 0.6 is 0 Å². The van der Waals surface area contributed by atoms with E-state index in [1.807, 2.05) is 0 Å². The van der Waals surface area contributed by atoms with Crippen molar-refractivity contribution in [3.05, 3.63) is 0 Å². The summed E-state index contributed by atoms with van der Waals surface area (Å²) in [5.41, 5.74) is 0. The highest BCUT2D eigenvalue weighted by atomic mass is 16.6. The van der Waals surface area contributed by atoms with Crippen LogP contribution < -0.4 is 42.5 Å². The number of ether oxygens (including phenoxy) is 8. The monoisotopic (exact) mass is 1770 g/mol. The Labute approximate surface area is 779 Å². The molecular weight excluding hydrogens is 1560 g/mol. The van der Waals surface area contributed by atoms with Crippen molar-refractivity contribution in [2.24, 2.45) is 71.0 Å². The number of hydrogen-bond donors (Lipinski definition) is 8. The van der Waals surface area contributed by atoms with Gasteiger partial charge in [0.1, 0.15) is 0 Å². The third-order valence-corrected chi connectivity index (χ3v) is 33.3. The zero-order valence-electron chi connectivity index (χ0n) is 84.0. The van der Waals surface area contributed by atoms with E-state index < -0.39 is 0 Å². The average Bonchev–Trinajstić information content (AvgIpc) is 1.59. The number of fused-ring (bicyclic) bond motifs is 20. The van der Waals surface area contributed by atoms with Crippen LogP contribution in [0, 0.1) is 71.0 Å². The maximum absolute atomic E-state index is 6.93. The Morgan fingerprint density at radius 1 is 0.175 bits per heavy atom. The van der Waals surface area contributed by atoms with E-state index in [9.17, 15) is 0 Å². The zero-order valence-corrected chi connectivity index (χ0v) is 84.0. The van der Waals surface area contributed by atoms with Crippen molar-refractivity contribution in [2.75, 3.05) is 93.5 Å². The lowest BCUT2D eigenvalue weighted by atomic mass is 9.64. The quantitative estimate of drug-likeness (QED) is 0.0270. The van der Waals surface area contributed by atoms with Gasteiger partial charge >= 0.3 is 0 Å². The van der Waals surface area contributed by atoms with E-state index in [0.717, 1.165) is 62.2 Å². The van der Waals surface area contributed by atoms with Crippen LogP contribution in [0.2, 0.25) is 0 Å². The maximum atomic E-state index is 6.93. The third-order valence-electron chi connectivity index (χ3n) is 33.3. The predicted molar refractivity (Wildman–Crippen MR) is 530 cm³/mol. The van der Waals surface area contributed by atoms with Gasteiger partial charge in [0.05, 0.1) is 141 Å². The highest BCUT2D eigenvalue weighted by Crippen LogP contribution is 2.52. The van der Waals surface area contributed by atoms with Gasteiger partial charge in [0.15, 0.2) is 0 Å². The molecule has 8 bridgehead atoms. The first kappa shape index (κ1) is 109. The van der Waals surface area contributed by atoms with Crippen LogP contribution in [0.25, 0.3) is 0 Å². The highest BCUT2D eigenvalue weighted by Gasteiger charge is 2.58. The Hall–Kier alpha value is -0.640. The lowest BCUT2D eigenvalue weighted by Crippen LogP contribution is -2.61. The van der Waals surface area contributed by atoms with Gasteiger partial charge in [-0.25, -0.2) is 0 Å². The standard InChI is InChI=1S/C110H212N8O8/c1-7-11-15-19-23-27-31-35-39-43-47-51-55-59-63-89-83-97-98(84-90(89)64-60-56-52-48-44-40-36-32-28-24-20-16-12-8-2)106-115-105(97)111-103-95-69-67-93(125-81-79-123-77-75-121-73-71-119-5)87-101(95)109(112-103)113-104-96-70-68-94(126-82-80-124-78-76-122-74-72-120-6)88-102(96)110(114-104)118-108-100-86-92(66-62-58-54-50-46-42-38-34-30-26-22-18-14-10-4)91(85-99(100)107(116-106)117-108)65-61-57-53-49-45-41-37-33-29-25-21-17-13-9-3/h89-118H,7-88H2,1-6H3. The summed E-state index contributed by atoms with van der Waals surface area (Å²) in [6, 6.07) is 0. The van der Waals surface area contributed by atoms with E-state index >= 15 is 0 Å². The molecule has 16 heteroatoms. The minimum atomic E-state index is 0.151. The van der Waals surface area contributed by atoms with Gasteiger partial charge in [-0.2, -0.15) is 0 Å². The number of methoxy groups -OCH3 is 2. The van der Waals surface area contributed by atoms with Crippen molar-refractivity contribution in [1.82, 2.24) is 42.5 Å². The second-order valence-corrected chi connectivity index (χ2v) is 43.0. The number of unbranched alkanes of at least 4 members (excludes halogenated alkanes) is 52. The first-order chi connectivity index (χ1) is 62.4. The van der Waals surface area contributed by atoms with Crippen LogP contribution in [-0.2, 0) is 37.9 Å². The Balaban J connectivity index is 0.949. The van der Waals surface area contributed by atoms with E-state index in [0.29, 0.717) is 127 Å². The van der Waals surface area contributed by atoms with Crippen molar-refractivity contribution >= 4 is 0 Å². The molecule has 16 nitrogen and oxygen atoms in total. The van der Waals surface area contributed by atoms with E-state index in [4.69, 9.17) is 43.2 Å². The Kier molecular flexibility index (Phi) is 61.4. The first-order valence-electron chi connectivity index (χ1n) is 57.0. The first-order valence-corrected chi connectivity index (χ1v) is 57.0. The normalized spacial score (nSPS) is 30.0. The molecule has 9 rings (SSSR count). The molecule has 5 aliphatic heterocycles. The molecule has 9 aliphatic rings. The summed E-state index contributed by atoms with van der Waals surface area (Å²) in [5.74, 6) is 7.35. The number of rotatable bonds is 80. The number of hydrogen-bond acceptors (Lipinski definition) is 16. The molecule has 5 saturated heterocycles. The predicted octanol–water partition coefficient (Wildman–Crippen LogP) is 26.3. The SMILES string of the molecule is CCCCCCCCCCCCCCCCC1CC2C3NC4NC(NC5NC(NC6NC(NC(N3)C2CC1CCCCCCCCCCCCCCCC)C1CC(CCCCCCCCCCCCCCCC)C(CCCCCCCCCCCCCCCC)CC61)C1CC(OCCOCCOCCOC)CCC51)C1CC(OCCOCCOCCOC)CCC41. The van der Waals surface area contributed by atoms with Gasteiger partial charge in [0.2, 0.25) is 0 Å². The zero-order chi connectivity index (χ0) is 88.0. The molecule has 9 fully saturated rings. The van der Waals surface area contributed by atoms with Gasteiger partial charge < -0.3 is 37.9 Å². The summed E-state index contributed by atoms with van der Waals surface area (Å²) in [7, 11) is 3.46. The van der Waals surface area contributed by atoms with Crippen molar-refractivity contribution in [1.29, 1.82) is 0 Å². The molecule has 0 aromatic rings. The molecule has 0 spiro atoms. The third kappa shape index (κ3) is 43.0. The summed E-state index contributed by atoms with van der Waals surface area (Å²) in [4.78, 5) is 0. The molecule has 0 amide bonds. The molecule has 0 aromatic carbocycles. The summed E-state index contributed by atoms with van der Waals surface area (Å²) < 4.78 is 48.0. The fraction of sp³-hybridized carbons (Fsp3) is 1.00.